The monoisotopic (exact) mass is 355 g/mol. The summed E-state index contributed by atoms with van der Waals surface area (Å²) in [5.74, 6) is 1.04. The molecular weight excluding hydrogens is 330 g/mol. The molecule has 1 atom stereocenters. The Morgan fingerprint density at radius 2 is 2.00 bits per heavy atom. The van der Waals surface area contributed by atoms with E-state index in [4.69, 9.17) is 17.3 Å². The lowest BCUT2D eigenvalue weighted by atomic mass is 10.2. The molecule has 0 unspecified atom stereocenters. The molecule has 0 aromatic heterocycles. The third-order valence-corrected chi connectivity index (χ3v) is 5.07. The van der Waals surface area contributed by atoms with Crippen molar-refractivity contribution in [2.75, 3.05) is 38.2 Å². The van der Waals surface area contributed by atoms with E-state index in [1.807, 2.05) is 23.3 Å². The van der Waals surface area contributed by atoms with Crippen LogP contribution in [0.15, 0.2) is 24.3 Å². The molecule has 1 aliphatic rings. The van der Waals surface area contributed by atoms with Gasteiger partial charge in [-0.3, -0.25) is 9.69 Å². The summed E-state index contributed by atoms with van der Waals surface area (Å²) < 4.78 is 0. The molecule has 1 amide bonds. The van der Waals surface area contributed by atoms with Crippen LogP contribution in [0.5, 0.6) is 0 Å². The minimum atomic E-state index is -0.356. The predicted molar refractivity (Wildman–Crippen MR) is 98.9 cm³/mol. The van der Waals surface area contributed by atoms with Gasteiger partial charge in [0.1, 0.15) is 0 Å². The summed E-state index contributed by atoms with van der Waals surface area (Å²) in [5, 5.41) is 0.764. The van der Waals surface area contributed by atoms with Crippen LogP contribution < -0.4 is 5.73 Å². The van der Waals surface area contributed by atoms with Gasteiger partial charge in [-0.15, -0.1) is 0 Å². The van der Waals surface area contributed by atoms with Gasteiger partial charge in [0, 0.05) is 37.7 Å². The molecule has 2 rings (SSSR count). The van der Waals surface area contributed by atoms with Gasteiger partial charge in [-0.2, -0.15) is 11.8 Å². The van der Waals surface area contributed by atoms with Crippen molar-refractivity contribution in [1.29, 1.82) is 0 Å². The molecule has 1 fully saturated rings. The Bertz CT molecular complexity index is 497. The SMILES string of the molecule is CSCC[C@H](N)C(=O)N1CCCN(Cc2ccc(Cl)cc2)CC1. The molecule has 128 valence electrons. The molecule has 23 heavy (non-hydrogen) atoms. The second kappa shape index (κ2) is 9.52. The maximum Gasteiger partial charge on any atom is 0.239 e. The van der Waals surface area contributed by atoms with Crippen LogP contribution in [0.4, 0.5) is 0 Å². The van der Waals surface area contributed by atoms with Crippen LogP contribution in [0.1, 0.15) is 18.4 Å². The van der Waals surface area contributed by atoms with Crippen LogP contribution in [0.2, 0.25) is 5.02 Å². The Balaban J connectivity index is 1.84. The van der Waals surface area contributed by atoms with E-state index >= 15 is 0 Å². The fraction of sp³-hybridized carbons (Fsp3) is 0.588. The van der Waals surface area contributed by atoms with Crippen LogP contribution in [-0.4, -0.2) is 59.9 Å². The van der Waals surface area contributed by atoms with Gasteiger partial charge in [0.15, 0.2) is 0 Å². The van der Waals surface area contributed by atoms with Crippen molar-refractivity contribution in [3.63, 3.8) is 0 Å². The zero-order chi connectivity index (χ0) is 16.7. The zero-order valence-corrected chi connectivity index (χ0v) is 15.3. The molecule has 2 N–H and O–H groups in total. The summed E-state index contributed by atoms with van der Waals surface area (Å²) in [5.41, 5.74) is 7.28. The molecule has 4 nitrogen and oxygen atoms in total. The number of rotatable bonds is 6. The summed E-state index contributed by atoms with van der Waals surface area (Å²) in [4.78, 5) is 16.7. The van der Waals surface area contributed by atoms with E-state index in [1.54, 1.807) is 11.8 Å². The van der Waals surface area contributed by atoms with Gasteiger partial charge in [0.05, 0.1) is 6.04 Å². The number of halogens is 1. The number of carbonyl (C=O) groups is 1. The topological polar surface area (TPSA) is 49.6 Å². The van der Waals surface area contributed by atoms with Crippen molar-refractivity contribution in [2.24, 2.45) is 5.73 Å². The fourth-order valence-electron chi connectivity index (χ4n) is 2.80. The molecule has 1 heterocycles. The number of hydrogen-bond acceptors (Lipinski definition) is 4. The lowest BCUT2D eigenvalue weighted by molar-refractivity contribution is -0.132. The summed E-state index contributed by atoms with van der Waals surface area (Å²) in [7, 11) is 0. The van der Waals surface area contributed by atoms with E-state index in [0.717, 1.165) is 56.3 Å². The van der Waals surface area contributed by atoms with Crippen LogP contribution in [0, 0.1) is 0 Å². The highest BCUT2D eigenvalue weighted by Crippen LogP contribution is 2.13. The normalized spacial score (nSPS) is 17.8. The minimum absolute atomic E-state index is 0.104. The average Bonchev–Trinajstić information content (AvgIpc) is 2.79. The summed E-state index contributed by atoms with van der Waals surface area (Å²) >= 11 is 7.66. The maximum absolute atomic E-state index is 12.4. The third kappa shape index (κ3) is 5.99. The first kappa shape index (κ1) is 18.6. The molecule has 6 heteroatoms. The standard InChI is InChI=1S/C17H26ClN3OS/c1-23-12-7-16(19)17(22)21-9-2-8-20(10-11-21)13-14-3-5-15(18)6-4-14/h3-6,16H,2,7-13,19H2,1H3/t16-/m0/s1. The first-order valence-corrected chi connectivity index (χ1v) is 9.87. The lowest BCUT2D eigenvalue weighted by Crippen LogP contribution is -2.45. The first-order chi connectivity index (χ1) is 11.1. The van der Waals surface area contributed by atoms with Gasteiger partial charge in [0.25, 0.3) is 0 Å². The number of benzene rings is 1. The van der Waals surface area contributed by atoms with Crippen LogP contribution in [-0.2, 0) is 11.3 Å². The highest BCUT2D eigenvalue weighted by molar-refractivity contribution is 7.98. The van der Waals surface area contributed by atoms with Crippen molar-refractivity contribution in [1.82, 2.24) is 9.80 Å². The Kier molecular flexibility index (Phi) is 7.70. The van der Waals surface area contributed by atoms with E-state index in [-0.39, 0.29) is 11.9 Å². The van der Waals surface area contributed by atoms with E-state index in [2.05, 4.69) is 17.0 Å². The molecule has 0 radical (unpaired) electrons. The Morgan fingerprint density at radius 1 is 1.26 bits per heavy atom. The maximum atomic E-state index is 12.4. The quantitative estimate of drug-likeness (QED) is 0.851. The Hall–Kier alpha value is -0.750. The lowest BCUT2D eigenvalue weighted by Gasteiger charge is -2.24. The highest BCUT2D eigenvalue weighted by Gasteiger charge is 2.23. The number of carbonyl (C=O) groups excluding carboxylic acids is 1. The van der Waals surface area contributed by atoms with Crippen LogP contribution >= 0.6 is 23.4 Å². The first-order valence-electron chi connectivity index (χ1n) is 8.10. The van der Waals surface area contributed by atoms with Crippen molar-refractivity contribution < 1.29 is 4.79 Å². The summed E-state index contributed by atoms with van der Waals surface area (Å²) in [6, 6.07) is 7.62. The van der Waals surface area contributed by atoms with Crippen molar-refractivity contribution >= 4 is 29.3 Å². The Morgan fingerprint density at radius 3 is 2.70 bits per heavy atom. The number of nitrogens with two attached hydrogens (primary N) is 1. The van der Waals surface area contributed by atoms with Gasteiger partial charge >= 0.3 is 0 Å². The molecule has 1 aromatic rings. The van der Waals surface area contributed by atoms with Gasteiger partial charge in [-0.05, 0) is 42.5 Å². The number of nitrogens with zero attached hydrogens (tertiary/aromatic N) is 2. The highest BCUT2D eigenvalue weighted by atomic mass is 35.5. The number of thioether (sulfide) groups is 1. The molecule has 1 saturated heterocycles. The van der Waals surface area contributed by atoms with Crippen molar-refractivity contribution in [2.45, 2.75) is 25.4 Å². The number of hydrogen-bond donors (Lipinski definition) is 1. The zero-order valence-electron chi connectivity index (χ0n) is 13.7. The predicted octanol–water partition coefficient (Wildman–Crippen LogP) is 2.45. The molecular formula is C17H26ClN3OS. The molecule has 0 bridgehead atoms. The van der Waals surface area contributed by atoms with E-state index < -0.39 is 0 Å². The summed E-state index contributed by atoms with van der Waals surface area (Å²) in [6.07, 6.45) is 3.79. The van der Waals surface area contributed by atoms with E-state index in [9.17, 15) is 4.79 Å². The van der Waals surface area contributed by atoms with Gasteiger partial charge in [0.2, 0.25) is 5.91 Å². The molecule has 1 aliphatic heterocycles. The minimum Gasteiger partial charge on any atom is -0.340 e. The van der Waals surface area contributed by atoms with E-state index in [0.29, 0.717) is 0 Å². The average molecular weight is 356 g/mol. The second-order valence-electron chi connectivity index (χ2n) is 5.97. The van der Waals surface area contributed by atoms with E-state index in [1.165, 1.54) is 5.56 Å². The molecule has 0 spiro atoms. The second-order valence-corrected chi connectivity index (χ2v) is 7.39. The smallest absolute Gasteiger partial charge is 0.239 e. The van der Waals surface area contributed by atoms with Gasteiger partial charge in [-0.25, -0.2) is 0 Å². The van der Waals surface area contributed by atoms with Gasteiger partial charge in [-0.1, -0.05) is 23.7 Å². The molecule has 0 aliphatic carbocycles. The summed E-state index contributed by atoms with van der Waals surface area (Å²) in [6.45, 7) is 4.37. The van der Waals surface area contributed by atoms with Gasteiger partial charge < -0.3 is 10.6 Å². The fourth-order valence-corrected chi connectivity index (χ4v) is 3.42. The van der Waals surface area contributed by atoms with Crippen molar-refractivity contribution in [3.8, 4) is 0 Å². The van der Waals surface area contributed by atoms with Crippen molar-refractivity contribution in [3.05, 3.63) is 34.9 Å². The van der Waals surface area contributed by atoms with Crippen LogP contribution in [0.25, 0.3) is 0 Å². The third-order valence-electron chi connectivity index (χ3n) is 4.17. The molecule has 1 aromatic carbocycles. The number of amides is 1. The Labute approximate surface area is 148 Å². The molecule has 0 saturated carbocycles. The van der Waals surface area contributed by atoms with Crippen LogP contribution in [0.3, 0.4) is 0 Å². The largest absolute Gasteiger partial charge is 0.340 e.